The van der Waals surface area contributed by atoms with Crippen molar-refractivity contribution in [1.82, 2.24) is 0 Å². The fourth-order valence-corrected chi connectivity index (χ4v) is 0.872. The molecule has 17 heavy (non-hydrogen) atoms. The third-order valence-electron chi connectivity index (χ3n) is 1.69. The highest BCUT2D eigenvalue weighted by atomic mass is 16.8. The third-order valence-corrected chi connectivity index (χ3v) is 1.69. The number of carbonyl (C=O) groups is 1. The minimum atomic E-state index is -0.743. The van der Waals surface area contributed by atoms with Gasteiger partial charge in [0.2, 0.25) is 0 Å². The van der Waals surface area contributed by atoms with Gasteiger partial charge in [-0.05, 0) is 13.8 Å². The lowest BCUT2D eigenvalue weighted by molar-refractivity contribution is -0.225. The lowest BCUT2D eigenvalue weighted by Gasteiger charge is -2.18. The quantitative estimate of drug-likeness (QED) is 0.268. The van der Waals surface area contributed by atoms with Crippen LogP contribution in [-0.4, -0.2) is 45.7 Å². The van der Waals surface area contributed by atoms with Crippen LogP contribution >= 0.6 is 0 Å². The Labute approximate surface area is 101 Å². The van der Waals surface area contributed by atoms with Crippen molar-refractivity contribution in [3.63, 3.8) is 0 Å². The predicted octanol–water partition coefficient (Wildman–Crippen LogP) is 1.70. The third kappa shape index (κ3) is 9.80. The summed E-state index contributed by atoms with van der Waals surface area (Å²) in [5.41, 5.74) is 0. The molecule has 6 heteroatoms. The first-order chi connectivity index (χ1) is 8.10. The topological polar surface area (TPSA) is 63.2 Å². The van der Waals surface area contributed by atoms with Gasteiger partial charge in [0.25, 0.3) is 0 Å². The summed E-state index contributed by atoms with van der Waals surface area (Å²) in [4.78, 5) is 10.9. The maximum Gasteiger partial charge on any atom is 0.508 e. The standard InChI is InChI=1S/C11H20O6/c1-5-6-15-11(12)16-8-7-14-10(3)17-9(2)13-4/h5,9-10H,1,6-8H2,2-4H3. The Hall–Kier alpha value is -1.11. The van der Waals surface area contributed by atoms with E-state index < -0.39 is 12.4 Å². The SMILES string of the molecule is C=CCOC(=O)OCCOC(C)OC(C)OC. The fourth-order valence-electron chi connectivity index (χ4n) is 0.872. The van der Waals surface area contributed by atoms with Gasteiger partial charge in [-0.25, -0.2) is 4.79 Å². The summed E-state index contributed by atoms with van der Waals surface area (Å²) in [6.07, 6.45) is -0.0617. The van der Waals surface area contributed by atoms with Crippen molar-refractivity contribution >= 4 is 6.16 Å². The minimum Gasteiger partial charge on any atom is -0.432 e. The van der Waals surface area contributed by atoms with Crippen molar-refractivity contribution in [1.29, 1.82) is 0 Å². The van der Waals surface area contributed by atoms with E-state index in [-0.39, 0.29) is 26.1 Å². The molecule has 2 atom stereocenters. The molecule has 0 bridgehead atoms. The summed E-state index contributed by atoms with van der Waals surface area (Å²) in [5.74, 6) is 0. The maximum atomic E-state index is 10.9. The van der Waals surface area contributed by atoms with Crippen LogP contribution < -0.4 is 0 Å². The number of methoxy groups -OCH3 is 1. The first kappa shape index (κ1) is 15.9. The van der Waals surface area contributed by atoms with Gasteiger partial charge >= 0.3 is 6.16 Å². The van der Waals surface area contributed by atoms with Crippen molar-refractivity contribution in [3.8, 4) is 0 Å². The molecule has 0 aromatic rings. The molecule has 2 unspecified atom stereocenters. The Bertz CT molecular complexity index is 218. The summed E-state index contributed by atoms with van der Waals surface area (Å²) >= 11 is 0. The Morgan fingerprint density at radius 1 is 1.24 bits per heavy atom. The number of rotatable bonds is 9. The lowest BCUT2D eigenvalue weighted by Crippen LogP contribution is -2.23. The Balaban J connectivity index is 3.43. The lowest BCUT2D eigenvalue weighted by atomic mass is 10.6. The normalized spacial score (nSPS) is 13.8. The van der Waals surface area contributed by atoms with Crippen LogP contribution in [-0.2, 0) is 23.7 Å². The minimum absolute atomic E-state index is 0.102. The van der Waals surface area contributed by atoms with Crippen LogP contribution in [0.4, 0.5) is 4.79 Å². The molecule has 0 aliphatic carbocycles. The number of hydrogen-bond donors (Lipinski definition) is 0. The van der Waals surface area contributed by atoms with Crippen LogP contribution in [0.1, 0.15) is 13.8 Å². The fraction of sp³-hybridized carbons (Fsp3) is 0.727. The predicted molar refractivity (Wildman–Crippen MR) is 60.5 cm³/mol. The van der Waals surface area contributed by atoms with Crippen molar-refractivity contribution in [2.24, 2.45) is 0 Å². The van der Waals surface area contributed by atoms with Crippen LogP contribution in [0, 0.1) is 0 Å². The molecule has 0 aliphatic heterocycles. The smallest absolute Gasteiger partial charge is 0.432 e. The van der Waals surface area contributed by atoms with E-state index >= 15 is 0 Å². The van der Waals surface area contributed by atoms with Crippen molar-refractivity contribution < 1.29 is 28.5 Å². The number of hydrogen-bond acceptors (Lipinski definition) is 6. The zero-order valence-corrected chi connectivity index (χ0v) is 10.5. The average Bonchev–Trinajstić information content (AvgIpc) is 2.31. The molecular weight excluding hydrogens is 228 g/mol. The van der Waals surface area contributed by atoms with E-state index in [4.69, 9.17) is 18.9 Å². The van der Waals surface area contributed by atoms with E-state index in [2.05, 4.69) is 11.3 Å². The molecule has 6 nitrogen and oxygen atoms in total. The van der Waals surface area contributed by atoms with Gasteiger partial charge in [-0.2, -0.15) is 0 Å². The molecule has 0 saturated carbocycles. The van der Waals surface area contributed by atoms with Crippen molar-refractivity contribution in [2.75, 3.05) is 26.9 Å². The number of carbonyl (C=O) groups excluding carboxylic acids is 1. The Kier molecular flexibility index (Phi) is 9.41. The van der Waals surface area contributed by atoms with Crippen molar-refractivity contribution in [3.05, 3.63) is 12.7 Å². The summed E-state index contributed by atoms with van der Waals surface area (Å²) in [7, 11) is 1.54. The van der Waals surface area contributed by atoms with Gasteiger partial charge in [-0.3, -0.25) is 0 Å². The van der Waals surface area contributed by atoms with Crippen molar-refractivity contribution in [2.45, 2.75) is 26.4 Å². The van der Waals surface area contributed by atoms with Gasteiger partial charge in [-0.15, -0.1) is 0 Å². The maximum absolute atomic E-state index is 10.9. The zero-order chi connectivity index (χ0) is 13.1. The monoisotopic (exact) mass is 248 g/mol. The van der Waals surface area contributed by atoms with E-state index in [9.17, 15) is 4.79 Å². The number of ether oxygens (including phenoxy) is 5. The second-order valence-electron chi connectivity index (χ2n) is 3.08. The summed E-state index contributed by atoms with van der Waals surface area (Å²) in [5, 5.41) is 0. The summed E-state index contributed by atoms with van der Waals surface area (Å²) in [6.45, 7) is 7.34. The molecule has 0 fully saturated rings. The van der Waals surface area contributed by atoms with Gasteiger partial charge < -0.3 is 23.7 Å². The summed E-state index contributed by atoms with van der Waals surface area (Å²) in [6, 6.07) is 0. The molecule has 0 aromatic heterocycles. The van der Waals surface area contributed by atoms with Crippen LogP contribution in [0.2, 0.25) is 0 Å². The molecule has 100 valence electrons. The molecule has 0 saturated heterocycles. The van der Waals surface area contributed by atoms with Crippen LogP contribution in [0.5, 0.6) is 0 Å². The molecule has 0 amide bonds. The molecule has 0 radical (unpaired) electrons. The highest BCUT2D eigenvalue weighted by Gasteiger charge is 2.08. The van der Waals surface area contributed by atoms with Gasteiger partial charge in [0.1, 0.15) is 13.2 Å². The second kappa shape index (κ2) is 10.1. The molecule has 0 aliphatic rings. The van der Waals surface area contributed by atoms with E-state index in [1.165, 1.54) is 13.2 Å². The van der Waals surface area contributed by atoms with E-state index in [0.29, 0.717) is 0 Å². The second-order valence-corrected chi connectivity index (χ2v) is 3.08. The highest BCUT2D eigenvalue weighted by molar-refractivity contribution is 5.59. The molecule has 0 aromatic carbocycles. The Morgan fingerprint density at radius 3 is 2.53 bits per heavy atom. The van der Waals surface area contributed by atoms with Gasteiger partial charge in [-0.1, -0.05) is 12.7 Å². The van der Waals surface area contributed by atoms with E-state index in [0.717, 1.165) is 0 Å². The van der Waals surface area contributed by atoms with Gasteiger partial charge in [0.15, 0.2) is 12.6 Å². The first-order valence-corrected chi connectivity index (χ1v) is 5.30. The van der Waals surface area contributed by atoms with Crippen LogP contribution in [0.3, 0.4) is 0 Å². The van der Waals surface area contributed by atoms with E-state index in [1.54, 1.807) is 13.8 Å². The zero-order valence-electron chi connectivity index (χ0n) is 10.5. The molecule has 0 N–H and O–H groups in total. The average molecular weight is 248 g/mol. The Morgan fingerprint density at radius 2 is 1.94 bits per heavy atom. The molecular formula is C11H20O6. The molecule has 0 rings (SSSR count). The van der Waals surface area contributed by atoms with E-state index in [1.807, 2.05) is 0 Å². The largest absolute Gasteiger partial charge is 0.508 e. The van der Waals surface area contributed by atoms with Gasteiger partial charge in [0, 0.05) is 7.11 Å². The molecule has 0 spiro atoms. The van der Waals surface area contributed by atoms with Crippen LogP contribution in [0.15, 0.2) is 12.7 Å². The van der Waals surface area contributed by atoms with Crippen LogP contribution in [0.25, 0.3) is 0 Å². The highest BCUT2D eigenvalue weighted by Crippen LogP contribution is 2.00. The molecule has 0 heterocycles. The first-order valence-electron chi connectivity index (χ1n) is 5.30. The van der Waals surface area contributed by atoms with Gasteiger partial charge in [0.05, 0.1) is 6.61 Å². The summed E-state index contributed by atoms with van der Waals surface area (Å²) < 4.78 is 24.6.